The average molecular weight is 1360 g/mol. The molecular weight excluding hydrogens is 1270 g/mol. The fourth-order valence-electron chi connectivity index (χ4n) is 11.6. The highest BCUT2D eigenvalue weighted by Gasteiger charge is 2.59. The van der Waals surface area contributed by atoms with E-state index in [2.05, 4.69) is 5.32 Å². The molecule has 0 aromatic heterocycles. The van der Waals surface area contributed by atoms with Gasteiger partial charge >= 0.3 is 0 Å². The van der Waals surface area contributed by atoms with Crippen LogP contribution in [0, 0.1) is 0 Å². The van der Waals surface area contributed by atoms with E-state index >= 15 is 0 Å². The number of carbonyl (C=O) groups excluding carboxylic acids is 1. The van der Waals surface area contributed by atoms with Gasteiger partial charge in [-0.15, -0.1) is 0 Å². The van der Waals surface area contributed by atoms with E-state index in [-0.39, 0.29) is 0 Å². The van der Waals surface area contributed by atoms with Gasteiger partial charge in [0.05, 0.1) is 52.9 Å². The van der Waals surface area contributed by atoms with Gasteiger partial charge in [0.1, 0.15) is 195 Å². The number of carbonyl (C=O) groups is 1. The van der Waals surface area contributed by atoms with Crippen LogP contribution in [0.3, 0.4) is 0 Å². The molecule has 8 aliphatic heterocycles. The van der Waals surface area contributed by atoms with Crippen molar-refractivity contribution in [3.8, 4) is 0 Å². The minimum Gasteiger partial charge on any atom is -0.394 e. The van der Waals surface area contributed by atoms with Crippen molar-refractivity contribution in [3.63, 3.8) is 0 Å². The lowest BCUT2D eigenvalue weighted by molar-refractivity contribution is -0.400. The van der Waals surface area contributed by atoms with E-state index in [1.807, 2.05) is 0 Å². The molecule has 92 heavy (non-hydrogen) atoms. The highest BCUT2D eigenvalue weighted by Crippen LogP contribution is 2.38. The van der Waals surface area contributed by atoms with Crippen molar-refractivity contribution in [2.75, 3.05) is 52.9 Å². The van der Waals surface area contributed by atoms with Crippen LogP contribution in [0.25, 0.3) is 0 Å². The first-order valence-electron chi connectivity index (χ1n) is 29.2. The van der Waals surface area contributed by atoms with Crippen LogP contribution in [0.2, 0.25) is 0 Å². The molecule has 0 unspecified atom stereocenters. The van der Waals surface area contributed by atoms with Gasteiger partial charge in [-0.2, -0.15) is 0 Å². The fourth-order valence-corrected chi connectivity index (χ4v) is 11.6. The van der Waals surface area contributed by atoms with Crippen molar-refractivity contribution in [1.82, 2.24) is 5.32 Å². The van der Waals surface area contributed by atoms with Gasteiger partial charge in [0.15, 0.2) is 50.3 Å². The quantitative estimate of drug-likeness (QED) is 0.0452. The van der Waals surface area contributed by atoms with Gasteiger partial charge in [-0.1, -0.05) is 0 Å². The first kappa shape index (κ1) is 75.6. The van der Waals surface area contributed by atoms with Gasteiger partial charge in [-0.3, -0.25) is 4.79 Å². The molecule has 0 radical (unpaired) electrons. The summed E-state index contributed by atoms with van der Waals surface area (Å²) in [6.07, 6.45) is -80.8. The Kier molecular flexibility index (Phi) is 26.9. The molecule has 8 rings (SSSR count). The highest BCUT2D eigenvalue weighted by atomic mass is 16.8. The minimum atomic E-state index is -2.43. The second-order valence-electron chi connectivity index (χ2n) is 23.2. The molecule has 0 bridgehead atoms. The van der Waals surface area contributed by atoms with E-state index in [1.165, 1.54) is 0 Å². The van der Waals surface area contributed by atoms with Crippen LogP contribution < -0.4 is 5.32 Å². The van der Waals surface area contributed by atoms with Gasteiger partial charge < -0.3 is 204 Å². The molecule has 0 aromatic rings. The summed E-state index contributed by atoms with van der Waals surface area (Å²) in [6, 6.07) is -1.72. The zero-order valence-corrected chi connectivity index (χ0v) is 48.5. The van der Waals surface area contributed by atoms with Crippen molar-refractivity contribution in [3.05, 3.63) is 0 Å². The summed E-state index contributed by atoms with van der Waals surface area (Å²) >= 11 is 0. The third-order valence-electron chi connectivity index (χ3n) is 17.0. The number of hydrogen-bond donors (Lipinski definition) is 26. The van der Waals surface area contributed by atoms with Crippen LogP contribution in [0.15, 0.2) is 0 Å². The smallest absolute Gasteiger partial charge is 0.217 e. The van der Waals surface area contributed by atoms with E-state index in [1.54, 1.807) is 0 Å². The Morgan fingerprint density at radius 3 is 0.946 bits per heavy atom. The van der Waals surface area contributed by atoms with Crippen molar-refractivity contribution in [1.29, 1.82) is 0 Å². The summed E-state index contributed by atoms with van der Waals surface area (Å²) < 4.78 is 86.1. The number of ether oxygens (including phenoxy) is 15. The van der Waals surface area contributed by atoms with E-state index < -0.39 is 304 Å². The van der Waals surface area contributed by atoms with Gasteiger partial charge in [0, 0.05) is 6.92 Å². The maximum Gasteiger partial charge on any atom is 0.217 e. The molecular formula is C50H85NO41. The maximum atomic E-state index is 12.2. The second-order valence-corrected chi connectivity index (χ2v) is 23.2. The molecule has 8 aliphatic rings. The molecule has 40 atom stereocenters. The molecule has 42 heteroatoms. The molecule has 8 fully saturated rings. The molecule has 42 nitrogen and oxygen atoms in total. The third-order valence-corrected chi connectivity index (χ3v) is 17.0. The molecule has 8 heterocycles. The number of rotatable bonds is 23. The number of hydrogen-bond acceptors (Lipinski definition) is 41. The molecule has 0 aromatic carbocycles. The molecule has 536 valence electrons. The summed E-state index contributed by atoms with van der Waals surface area (Å²) in [5.41, 5.74) is 0. The molecule has 0 aliphatic carbocycles. The zero-order chi connectivity index (χ0) is 67.6. The number of nitrogens with one attached hydrogen (secondary N) is 1. The second kappa shape index (κ2) is 32.7. The Hall–Kier alpha value is -2.13. The Balaban J connectivity index is 1.12. The van der Waals surface area contributed by atoms with Crippen LogP contribution in [-0.4, -0.2) is 432 Å². The fraction of sp³-hybridized carbons (Fsp3) is 0.980. The summed E-state index contributed by atoms with van der Waals surface area (Å²) in [4.78, 5) is 12.2. The van der Waals surface area contributed by atoms with Crippen molar-refractivity contribution < 1.29 is 204 Å². The monoisotopic (exact) mass is 1360 g/mol. The zero-order valence-electron chi connectivity index (χ0n) is 48.5. The summed E-state index contributed by atoms with van der Waals surface area (Å²) in [6.45, 7) is -7.30. The topological polar surface area (TPSA) is 673 Å². The highest BCUT2D eigenvalue weighted by molar-refractivity contribution is 5.73. The van der Waals surface area contributed by atoms with Gasteiger partial charge in [0.25, 0.3) is 0 Å². The van der Waals surface area contributed by atoms with E-state index in [4.69, 9.17) is 71.1 Å². The van der Waals surface area contributed by atoms with Crippen molar-refractivity contribution in [2.45, 2.75) is 253 Å². The van der Waals surface area contributed by atoms with Crippen LogP contribution in [0.5, 0.6) is 0 Å². The van der Waals surface area contributed by atoms with E-state index in [9.17, 15) is 132 Å². The van der Waals surface area contributed by atoms with Crippen LogP contribution >= 0.6 is 0 Å². The lowest BCUT2D eigenvalue weighted by Crippen LogP contribution is -2.69. The van der Waals surface area contributed by atoms with Crippen LogP contribution in [0.1, 0.15) is 6.92 Å². The van der Waals surface area contributed by atoms with Crippen LogP contribution in [0.4, 0.5) is 0 Å². The molecule has 26 N–H and O–H groups in total. The van der Waals surface area contributed by atoms with Crippen molar-refractivity contribution >= 4 is 5.91 Å². The predicted molar refractivity (Wildman–Crippen MR) is 276 cm³/mol. The van der Waals surface area contributed by atoms with Gasteiger partial charge in [0.2, 0.25) is 5.91 Å². The first-order valence-corrected chi connectivity index (χ1v) is 29.2. The maximum absolute atomic E-state index is 12.2. The van der Waals surface area contributed by atoms with Crippen molar-refractivity contribution in [2.24, 2.45) is 0 Å². The summed E-state index contributed by atoms with van der Waals surface area (Å²) in [5.74, 6) is -0.824. The molecule has 8 saturated heterocycles. The number of aliphatic hydroxyl groups is 25. The Morgan fingerprint density at radius 2 is 0.565 bits per heavy atom. The largest absolute Gasteiger partial charge is 0.394 e. The Bertz CT molecular complexity index is 2260. The lowest BCUT2D eigenvalue weighted by atomic mass is 9.95. The molecule has 0 saturated carbocycles. The standard InChI is InChI=1S/C50H85NO41/c1-10(58)51-19-27(66)38(16(7-57)80-43(19)77)88-48-37(76)40(90-50-42(32(71)24(63)15(6-56)85-50)92-47-35(74)30(69)22(61)13(4-54)83-47)26(65)18(87-48)9-79-45-36(75)39(25(64)17(86-45)8-78-44-33(72)28(67)20(59)11(2-52)81-44)89-49-41(31(70)23(62)14(5-55)84-49)91-46-34(73)29(68)21(60)12(3-53)82-46/h11-50,52-57,59-77H,2-9H2,1H3,(H,51,58)/t11-,12-,13-,14-,15-,16-,17-,18-,19-,20-,21-,22-,23-,24-,25-,26-,27-,28+,29+,30+,31+,32+,33+,34+,35+,36+,37+,38-,39+,40+,41+,42+,43-,44+,45+,46-,47-,48+,49-,50-/m1/s1. The number of amides is 1. The average Bonchev–Trinajstić information content (AvgIpc) is 0.838. The van der Waals surface area contributed by atoms with Crippen LogP contribution in [-0.2, 0) is 75.8 Å². The number of aliphatic hydroxyl groups excluding tert-OH is 25. The third kappa shape index (κ3) is 16.0. The van der Waals surface area contributed by atoms with E-state index in [0.29, 0.717) is 0 Å². The minimum absolute atomic E-state index is 0.824. The normalized spacial score (nSPS) is 52.2. The molecule has 0 spiro atoms. The first-order chi connectivity index (χ1) is 43.5. The predicted octanol–water partition coefficient (Wildman–Crippen LogP) is -18.3. The lowest BCUT2D eigenvalue weighted by Gasteiger charge is -2.50. The summed E-state index contributed by atoms with van der Waals surface area (Å²) in [7, 11) is 0. The SMILES string of the molecule is CC(=O)N[C@@H]1[C@@H](O)[C@H](O[C@@H]2O[C@H](CO[C@H]3O[C@H](CO[C@H]4O[C@H](CO)[C@@H](O)[C@H](O)[C@@H]4O)[C@@H](O)[C@H](O[C@H]4O[C@H](CO)[C@@H](O)[C@H](O)[C@@H]4O[C@H]4O[C@H](CO)[C@@H](O)[C@H](O)[C@@H]4O)[C@@H]3O)[C@@H](O)[C@H](O[C@H]3O[C@H](CO)[C@@H](O)[C@H](O)[C@@H]3O[C@H]3O[C@H](CO)[C@@H](O)[C@H](O)[C@@H]3O)[C@@H]2O)[C@@H](CO)O[C@H]1O. The molecule has 1 amide bonds. The van der Waals surface area contributed by atoms with Gasteiger partial charge in [-0.25, -0.2) is 0 Å². The summed E-state index contributed by atoms with van der Waals surface area (Å²) in [5, 5.41) is 273. The van der Waals surface area contributed by atoms with Gasteiger partial charge in [-0.05, 0) is 0 Å². The Labute approximate surface area is 519 Å². The Morgan fingerprint density at radius 1 is 0.283 bits per heavy atom. The van der Waals surface area contributed by atoms with E-state index in [0.717, 1.165) is 6.92 Å².